The number of benzene rings is 1. The van der Waals surface area contributed by atoms with Crippen LogP contribution in [-0.4, -0.2) is 18.0 Å². The van der Waals surface area contributed by atoms with Gasteiger partial charge in [0.1, 0.15) is 5.82 Å². The molecule has 2 rings (SSSR count). The topological polar surface area (TPSA) is 45.7 Å². The van der Waals surface area contributed by atoms with Crippen molar-refractivity contribution in [3.05, 3.63) is 29.0 Å². The number of rotatable bonds is 4. The second-order valence-corrected chi connectivity index (χ2v) is 6.93. The minimum absolute atomic E-state index is 0.0982. The molecule has 1 aliphatic rings. The highest BCUT2D eigenvalue weighted by molar-refractivity contribution is 6.33. The van der Waals surface area contributed by atoms with E-state index in [0.717, 1.165) is 6.42 Å². The Morgan fingerprint density at radius 1 is 1.41 bits per heavy atom. The molecule has 0 saturated heterocycles. The second kappa shape index (κ2) is 7.42. The summed E-state index contributed by atoms with van der Waals surface area (Å²) in [5.74, 6) is 0.807. The highest BCUT2D eigenvalue weighted by Crippen LogP contribution is 2.27. The molecule has 22 heavy (non-hydrogen) atoms. The van der Waals surface area contributed by atoms with Crippen molar-refractivity contribution in [3.8, 4) is 0 Å². The number of amides is 1. The fourth-order valence-corrected chi connectivity index (χ4v) is 3.40. The van der Waals surface area contributed by atoms with Crippen LogP contribution in [0.15, 0.2) is 18.2 Å². The first kappa shape index (κ1) is 17.2. The van der Waals surface area contributed by atoms with Crippen LogP contribution < -0.4 is 10.6 Å². The van der Waals surface area contributed by atoms with Crippen LogP contribution in [0, 0.1) is 17.7 Å². The van der Waals surface area contributed by atoms with Crippen molar-refractivity contribution in [2.24, 2.45) is 11.8 Å². The van der Waals surface area contributed by atoms with Gasteiger partial charge >= 0.3 is 0 Å². The Hall–Kier alpha value is -1.13. The zero-order valence-electron chi connectivity index (χ0n) is 13.4. The highest BCUT2D eigenvalue weighted by atomic mass is 35.5. The minimum Gasteiger partial charge on any atom is -0.334 e. The van der Waals surface area contributed by atoms with Crippen molar-refractivity contribution in [2.75, 3.05) is 5.32 Å². The van der Waals surface area contributed by atoms with Crippen LogP contribution in [0.1, 0.15) is 40.0 Å². The summed E-state index contributed by atoms with van der Waals surface area (Å²) in [4.78, 5) is 12.3. The second-order valence-electron chi connectivity index (χ2n) is 6.53. The number of anilines is 1. The molecule has 4 atom stereocenters. The third kappa shape index (κ3) is 4.20. The van der Waals surface area contributed by atoms with Gasteiger partial charge in [-0.2, -0.15) is 0 Å². The first-order valence-corrected chi connectivity index (χ1v) is 8.37. The first-order chi connectivity index (χ1) is 10.4. The van der Waals surface area contributed by atoms with Gasteiger partial charge in [0.25, 0.3) is 5.91 Å². The van der Waals surface area contributed by atoms with Gasteiger partial charge in [-0.05, 0) is 50.3 Å². The lowest BCUT2D eigenvalue weighted by atomic mass is 9.78. The molecule has 0 unspecified atom stereocenters. The fourth-order valence-electron chi connectivity index (χ4n) is 3.19. The van der Waals surface area contributed by atoms with Gasteiger partial charge in [-0.1, -0.05) is 25.4 Å². The monoisotopic (exact) mass is 327 g/mol. The molecule has 1 aromatic rings. The van der Waals surface area contributed by atoms with Gasteiger partial charge in [0, 0.05) is 5.92 Å². The molecule has 0 radical (unpaired) electrons. The number of nitrogens with one attached hydrogen (secondary N) is 1. The van der Waals surface area contributed by atoms with Crippen molar-refractivity contribution in [1.29, 1.82) is 0 Å². The van der Waals surface area contributed by atoms with E-state index in [-0.39, 0.29) is 17.0 Å². The van der Waals surface area contributed by atoms with Gasteiger partial charge in [0.15, 0.2) is 6.04 Å². The van der Waals surface area contributed by atoms with Crippen LogP contribution in [0.25, 0.3) is 0 Å². The first-order valence-electron chi connectivity index (χ1n) is 7.99. The normalized spacial score (nSPS) is 26.5. The van der Waals surface area contributed by atoms with E-state index in [2.05, 4.69) is 24.5 Å². The summed E-state index contributed by atoms with van der Waals surface area (Å²) < 4.78 is 13.0. The standard InChI is InChI=1S/C17H24ClFN2O/c1-10-5-4-6-15(11(10)2)20-12(3)17(22)21-16-8-7-13(19)9-14(16)18/h7-12,15,20H,4-6H2,1-3H3,(H,21,22)/p+1/t10-,11-,12+,15-/m1/s1. The van der Waals surface area contributed by atoms with Crippen molar-refractivity contribution in [2.45, 2.75) is 52.1 Å². The average Bonchev–Trinajstić information content (AvgIpc) is 2.46. The zero-order valence-corrected chi connectivity index (χ0v) is 14.2. The van der Waals surface area contributed by atoms with Crippen LogP contribution in [0.3, 0.4) is 0 Å². The quantitative estimate of drug-likeness (QED) is 0.876. The molecular weight excluding hydrogens is 303 g/mol. The summed E-state index contributed by atoms with van der Waals surface area (Å²) in [6, 6.07) is 4.28. The third-order valence-corrected chi connectivity index (χ3v) is 5.22. The predicted octanol–water partition coefficient (Wildman–Crippen LogP) is 3.19. The third-order valence-electron chi connectivity index (χ3n) is 4.91. The molecule has 3 nitrogen and oxygen atoms in total. The molecule has 0 bridgehead atoms. The maximum Gasteiger partial charge on any atom is 0.282 e. The summed E-state index contributed by atoms with van der Waals surface area (Å²) in [5, 5.41) is 5.17. The number of quaternary nitrogens is 1. The van der Waals surface area contributed by atoms with Crippen LogP contribution in [-0.2, 0) is 4.79 Å². The van der Waals surface area contributed by atoms with Crippen molar-refractivity contribution in [3.63, 3.8) is 0 Å². The number of carbonyl (C=O) groups is 1. The SMILES string of the molecule is C[C@@H]1[C@H](C)CCC[C@H]1[NH2+][C@@H](C)C(=O)Nc1ccc(F)cc1Cl. The maximum absolute atomic E-state index is 13.0. The molecule has 1 aromatic carbocycles. The summed E-state index contributed by atoms with van der Waals surface area (Å²) in [6.07, 6.45) is 3.66. The van der Waals surface area contributed by atoms with Crippen LogP contribution >= 0.6 is 11.6 Å². The zero-order chi connectivity index (χ0) is 16.3. The molecule has 1 amide bonds. The minimum atomic E-state index is -0.410. The van der Waals surface area contributed by atoms with Gasteiger partial charge in [-0.15, -0.1) is 0 Å². The van der Waals surface area contributed by atoms with E-state index in [9.17, 15) is 9.18 Å². The van der Waals surface area contributed by atoms with E-state index in [0.29, 0.717) is 23.6 Å². The largest absolute Gasteiger partial charge is 0.334 e. The summed E-state index contributed by atoms with van der Waals surface area (Å²) in [5.41, 5.74) is 0.457. The van der Waals surface area contributed by atoms with Crippen LogP contribution in [0.2, 0.25) is 5.02 Å². The molecule has 5 heteroatoms. The Morgan fingerprint density at radius 3 is 2.82 bits per heavy atom. The number of halogens is 2. The highest BCUT2D eigenvalue weighted by Gasteiger charge is 2.32. The van der Waals surface area contributed by atoms with E-state index < -0.39 is 5.82 Å². The summed E-state index contributed by atoms with van der Waals surface area (Å²) in [6.45, 7) is 6.46. The van der Waals surface area contributed by atoms with E-state index in [1.54, 1.807) is 0 Å². The number of nitrogens with two attached hydrogens (primary N) is 1. The molecule has 122 valence electrons. The molecular formula is C17H25ClFN2O+. The lowest BCUT2D eigenvalue weighted by molar-refractivity contribution is -0.715. The maximum atomic E-state index is 13.0. The van der Waals surface area contributed by atoms with Gasteiger partial charge in [-0.25, -0.2) is 4.39 Å². The van der Waals surface area contributed by atoms with Crippen molar-refractivity contribution < 1.29 is 14.5 Å². The Bertz CT molecular complexity index is 537. The van der Waals surface area contributed by atoms with Crippen molar-refractivity contribution >= 4 is 23.2 Å². The van der Waals surface area contributed by atoms with E-state index in [4.69, 9.17) is 11.6 Å². The van der Waals surface area contributed by atoms with E-state index in [1.807, 2.05) is 6.92 Å². The Labute approximate surface area is 136 Å². The molecule has 0 aromatic heterocycles. The Kier molecular flexibility index (Phi) is 5.81. The van der Waals surface area contributed by atoms with Crippen LogP contribution in [0.4, 0.5) is 10.1 Å². The molecule has 3 N–H and O–H groups in total. The number of hydrogen-bond acceptors (Lipinski definition) is 1. The summed E-state index contributed by atoms with van der Waals surface area (Å²) >= 11 is 5.95. The smallest absolute Gasteiger partial charge is 0.282 e. The Balaban J connectivity index is 1.94. The molecule has 0 aliphatic heterocycles. The number of hydrogen-bond donors (Lipinski definition) is 2. The Morgan fingerprint density at radius 2 is 2.14 bits per heavy atom. The van der Waals surface area contributed by atoms with Gasteiger partial charge in [0.2, 0.25) is 0 Å². The molecule has 0 spiro atoms. The fraction of sp³-hybridized carbons (Fsp3) is 0.588. The summed E-state index contributed by atoms with van der Waals surface area (Å²) in [7, 11) is 0. The van der Waals surface area contributed by atoms with Gasteiger partial charge < -0.3 is 10.6 Å². The lowest BCUT2D eigenvalue weighted by Gasteiger charge is -2.33. The van der Waals surface area contributed by atoms with Crippen molar-refractivity contribution in [1.82, 2.24) is 0 Å². The van der Waals surface area contributed by atoms with Gasteiger partial charge in [-0.3, -0.25) is 4.79 Å². The van der Waals surface area contributed by atoms with E-state index >= 15 is 0 Å². The molecule has 1 aliphatic carbocycles. The lowest BCUT2D eigenvalue weighted by Crippen LogP contribution is -2.97. The van der Waals surface area contributed by atoms with E-state index in [1.165, 1.54) is 31.0 Å². The van der Waals surface area contributed by atoms with Crippen LogP contribution in [0.5, 0.6) is 0 Å². The molecule has 1 fully saturated rings. The van der Waals surface area contributed by atoms with Gasteiger partial charge in [0.05, 0.1) is 16.8 Å². The molecule has 0 heterocycles. The predicted molar refractivity (Wildman–Crippen MR) is 87.4 cm³/mol. The average molecular weight is 328 g/mol. The number of carbonyl (C=O) groups excluding carboxylic acids is 1. The molecule has 1 saturated carbocycles.